The predicted octanol–water partition coefficient (Wildman–Crippen LogP) is 4.28. The van der Waals surface area contributed by atoms with Crippen LogP contribution in [0.1, 0.15) is 52.4 Å². The Balaban J connectivity index is 3.13. The lowest BCUT2D eigenvalue weighted by Crippen LogP contribution is -1.69. The lowest BCUT2D eigenvalue weighted by molar-refractivity contribution is 0.729. The van der Waals surface area contributed by atoms with Crippen LogP contribution in [0.2, 0.25) is 0 Å². The van der Waals surface area contributed by atoms with E-state index in [4.69, 9.17) is 0 Å². The molecule has 0 spiro atoms. The minimum Gasteiger partial charge on any atom is -0.0845 e. The summed E-state index contributed by atoms with van der Waals surface area (Å²) in [5.41, 5.74) is 0. The van der Waals surface area contributed by atoms with Crippen molar-refractivity contribution in [2.45, 2.75) is 52.4 Å². The SMILES string of the molecule is CCC/[C]=C\C=C\CCCCC. The molecule has 0 N–H and O–H groups in total. The van der Waals surface area contributed by atoms with E-state index >= 15 is 0 Å². The maximum Gasteiger partial charge on any atom is -0.0279 e. The second-order valence-corrected chi connectivity index (χ2v) is 3.04. The molecule has 0 atom stereocenters. The molecule has 0 aromatic rings. The summed E-state index contributed by atoms with van der Waals surface area (Å²) in [4.78, 5) is 0. The molecule has 1 radical (unpaired) electrons. The van der Waals surface area contributed by atoms with E-state index in [2.05, 4.69) is 32.1 Å². The first-order valence-corrected chi connectivity index (χ1v) is 5.13. The summed E-state index contributed by atoms with van der Waals surface area (Å²) in [7, 11) is 0. The van der Waals surface area contributed by atoms with E-state index in [1.54, 1.807) is 0 Å². The van der Waals surface area contributed by atoms with Gasteiger partial charge < -0.3 is 0 Å². The second kappa shape index (κ2) is 10.5. The molecule has 0 aromatic heterocycles. The van der Waals surface area contributed by atoms with Crippen LogP contribution in [0.4, 0.5) is 0 Å². The molecule has 0 aliphatic carbocycles. The summed E-state index contributed by atoms with van der Waals surface area (Å²) >= 11 is 0. The monoisotopic (exact) mass is 165 g/mol. The highest BCUT2D eigenvalue weighted by Gasteiger charge is 1.79. The first-order chi connectivity index (χ1) is 5.91. The van der Waals surface area contributed by atoms with Crippen LogP contribution >= 0.6 is 0 Å². The van der Waals surface area contributed by atoms with Crippen LogP contribution in [0.5, 0.6) is 0 Å². The Hall–Kier alpha value is -0.520. The lowest BCUT2D eigenvalue weighted by Gasteiger charge is -1.89. The van der Waals surface area contributed by atoms with Crippen molar-refractivity contribution in [1.82, 2.24) is 0 Å². The van der Waals surface area contributed by atoms with Gasteiger partial charge in [-0.15, -0.1) is 0 Å². The summed E-state index contributed by atoms with van der Waals surface area (Å²) in [5, 5.41) is 0. The van der Waals surface area contributed by atoms with Crippen molar-refractivity contribution in [3.8, 4) is 0 Å². The second-order valence-electron chi connectivity index (χ2n) is 3.04. The summed E-state index contributed by atoms with van der Waals surface area (Å²) in [6, 6.07) is 0. The van der Waals surface area contributed by atoms with Gasteiger partial charge in [0.2, 0.25) is 0 Å². The Morgan fingerprint density at radius 1 is 1.08 bits per heavy atom. The van der Waals surface area contributed by atoms with Crippen LogP contribution in [-0.2, 0) is 0 Å². The number of hydrogen-bond acceptors (Lipinski definition) is 0. The van der Waals surface area contributed by atoms with Gasteiger partial charge in [-0.2, -0.15) is 0 Å². The van der Waals surface area contributed by atoms with Crippen molar-refractivity contribution in [2.75, 3.05) is 0 Å². The fourth-order valence-electron chi connectivity index (χ4n) is 0.972. The van der Waals surface area contributed by atoms with Gasteiger partial charge in [0, 0.05) is 0 Å². The largest absolute Gasteiger partial charge is 0.0845 e. The predicted molar refractivity (Wildman–Crippen MR) is 56.0 cm³/mol. The molecule has 0 rings (SSSR count). The molecule has 0 aliphatic rings. The Morgan fingerprint density at radius 3 is 2.58 bits per heavy atom. The maximum absolute atomic E-state index is 3.21. The van der Waals surface area contributed by atoms with Crippen LogP contribution in [0.3, 0.4) is 0 Å². The van der Waals surface area contributed by atoms with E-state index in [0.29, 0.717) is 0 Å². The zero-order valence-corrected chi connectivity index (χ0v) is 8.47. The van der Waals surface area contributed by atoms with Gasteiger partial charge in [-0.05, 0) is 25.3 Å². The van der Waals surface area contributed by atoms with Crippen molar-refractivity contribution in [3.63, 3.8) is 0 Å². The molecule has 0 bridgehead atoms. The van der Waals surface area contributed by atoms with Crippen molar-refractivity contribution in [3.05, 3.63) is 24.3 Å². The van der Waals surface area contributed by atoms with E-state index in [1.165, 1.54) is 32.1 Å². The van der Waals surface area contributed by atoms with Gasteiger partial charge in [-0.25, -0.2) is 0 Å². The average molecular weight is 165 g/mol. The Labute approximate surface area is 77.4 Å². The molecule has 0 saturated carbocycles. The number of hydrogen-bond donors (Lipinski definition) is 0. The summed E-state index contributed by atoms with van der Waals surface area (Å²) < 4.78 is 0. The van der Waals surface area contributed by atoms with E-state index < -0.39 is 0 Å². The van der Waals surface area contributed by atoms with Gasteiger partial charge in [-0.3, -0.25) is 0 Å². The standard InChI is InChI=1S/C12H21/c1-3-5-7-9-11-12-10-8-6-4-2/h10-12H,3-7,9H2,1-2H3/b10-8?,12-11+. The highest BCUT2D eigenvalue weighted by Crippen LogP contribution is 1.99. The quantitative estimate of drug-likeness (QED) is 0.390. The molecule has 0 aliphatic heterocycles. The maximum atomic E-state index is 3.21. The third-order valence-electron chi connectivity index (χ3n) is 1.72. The number of unbranched alkanes of at least 4 members (excludes halogenated alkanes) is 4. The highest BCUT2D eigenvalue weighted by molar-refractivity contribution is 4.98. The average Bonchev–Trinajstić information content (AvgIpc) is 2.10. The van der Waals surface area contributed by atoms with Gasteiger partial charge in [0.15, 0.2) is 0 Å². The lowest BCUT2D eigenvalue weighted by atomic mass is 10.2. The van der Waals surface area contributed by atoms with Gasteiger partial charge in [0.05, 0.1) is 0 Å². The molecule has 12 heavy (non-hydrogen) atoms. The molecule has 0 fully saturated rings. The Kier molecular flexibility index (Phi) is 10.0. The minimum atomic E-state index is 1.08. The van der Waals surface area contributed by atoms with Crippen LogP contribution < -0.4 is 0 Å². The van der Waals surface area contributed by atoms with Crippen LogP contribution in [0.15, 0.2) is 18.2 Å². The molecule has 0 heterocycles. The van der Waals surface area contributed by atoms with E-state index in [0.717, 1.165) is 6.42 Å². The first-order valence-electron chi connectivity index (χ1n) is 5.13. The third kappa shape index (κ3) is 9.48. The van der Waals surface area contributed by atoms with Crippen LogP contribution in [0.25, 0.3) is 0 Å². The molecule has 0 nitrogen and oxygen atoms in total. The summed E-state index contributed by atoms with van der Waals surface area (Å²) in [6.45, 7) is 4.41. The Morgan fingerprint density at radius 2 is 1.92 bits per heavy atom. The molecule has 0 aromatic carbocycles. The van der Waals surface area contributed by atoms with Crippen LogP contribution in [0, 0.1) is 6.08 Å². The summed E-state index contributed by atoms with van der Waals surface area (Å²) in [5.74, 6) is 0. The highest BCUT2D eigenvalue weighted by atomic mass is 13.9. The molecular formula is C12H21. The fourth-order valence-corrected chi connectivity index (χ4v) is 0.972. The van der Waals surface area contributed by atoms with Gasteiger partial charge >= 0.3 is 0 Å². The number of rotatable bonds is 7. The van der Waals surface area contributed by atoms with Gasteiger partial charge in [0.25, 0.3) is 0 Å². The van der Waals surface area contributed by atoms with Crippen molar-refractivity contribution < 1.29 is 0 Å². The Bertz CT molecular complexity index is 120. The molecular weight excluding hydrogens is 144 g/mol. The van der Waals surface area contributed by atoms with Gasteiger partial charge in [0.1, 0.15) is 0 Å². The van der Waals surface area contributed by atoms with Crippen molar-refractivity contribution in [2.24, 2.45) is 0 Å². The van der Waals surface area contributed by atoms with E-state index in [-0.39, 0.29) is 0 Å². The van der Waals surface area contributed by atoms with Crippen LogP contribution in [-0.4, -0.2) is 0 Å². The molecule has 0 amide bonds. The molecule has 0 unspecified atom stereocenters. The number of allylic oxidation sites excluding steroid dienone is 4. The smallest absolute Gasteiger partial charge is 0.0279 e. The summed E-state index contributed by atoms with van der Waals surface area (Å²) in [6.07, 6.45) is 17.1. The normalized spacial score (nSPS) is 11.8. The first kappa shape index (κ1) is 11.5. The van der Waals surface area contributed by atoms with E-state index in [9.17, 15) is 0 Å². The van der Waals surface area contributed by atoms with E-state index in [1.807, 2.05) is 6.08 Å². The fraction of sp³-hybridized carbons (Fsp3) is 0.667. The van der Waals surface area contributed by atoms with Crippen molar-refractivity contribution >= 4 is 0 Å². The topological polar surface area (TPSA) is 0 Å². The molecule has 0 saturated heterocycles. The zero-order chi connectivity index (χ0) is 9.07. The zero-order valence-electron chi connectivity index (χ0n) is 8.47. The van der Waals surface area contributed by atoms with Gasteiger partial charge in [-0.1, -0.05) is 51.3 Å². The molecule has 0 heteroatoms. The van der Waals surface area contributed by atoms with Crippen molar-refractivity contribution in [1.29, 1.82) is 0 Å². The molecule has 69 valence electrons. The minimum absolute atomic E-state index is 1.08. The third-order valence-corrected chi connectivity index (χ3v) is 1.72.